The monoisotopic (exact) mass is 192 g/mol. The van der Waals surface area contributed by atoms with E-state index >= 15 is 0 Å². The van der Waals surface area contributed by atoms with Crippen LogP contribution in [0.2, 0.25) is 0 Å². The zero-order valence-corrected chi connectivity index (χ0v) is 9.06. The maximum atomic E-state index is 11.5. The second kappa shape index (κ2) is 3.48. The van der Waals surface area contributed by atoms with E-state index in [9.17, 15) is 4.21 Å². The Kier molecular flexibility index (Phi) is 3.03. The number of rotatable bonds is 0. The Morgan fingerprint density at radius 3 is 2.45 bits per heavy atom. The summed E-state index contributed by atoms with van der Waals surface area (Å²) in [6, 6.07) is 0. The quantitative estimate of drug-likeness (QED) is 0.585. The smallest absolute Gasteiger partial charge is 0.0849 e. The Morgan fingerprint density at radius 2 is 2.09 bits per heavy atom. The van der Waals surface area contributed by atoms with Crippen molar-refractivity contribution >= 4 is 22.6 Å². The van der Waals surface area contributed by atoms with Gasteiger partial charge in [-0.3, -0.25) is 4.21 Å². The molecule has 3 heteroatoms. The average Bonchev–Trinajstić information content (AvgIpc) is 1.86. The van der Waals surface area contributed by atoms with Crippen molar-refractivity contribution in [1.29, 1.82) is 0 Å². The topological polar surface area (TPSA) is 17.1 Å². The van der Waals surface area contributed by atoms with E-state index in [-0.39, 0.29) is 5.41 Å². The third kappa shape index (κ3) is 2.48. The summed E-state index contributed by atoms with van der Waals surface area (Å²) >= 11 is 1.88. The van der Waals surface area contributed by atoms with Crippen LogP contribution in [0.5, 0.6) is 0 Å². The molecule has 1 aliphatic rings. The summed E-state index contributed by atoms with van der Waals surface area (Å²) < 4.78 is 11.9. The molecular weight excluding hydrogens is 176 g/mol. The van der Waals surface area contributed by atoms with Crippen molar-refractivity contribution in [2.45, 2.75) is 31.8 Å². The van der Waals surface area contributed by atoms with Crippen molar-refractivity contribution < 1.29 is 4.21 Å². The van der Waals surface area contributed by atoms with Gasteiger partial charge >= 0.3 is 0 Å². The minimum atomic E-state index is -0.584. The molecule has 1 fully saturated rings. The number of thioether (sulfide) groups is 1. The molecule has 0 aromatic heterocycles. The van der Waals surface area contributed by atoms with Crippen molar-refractivity contribution in [2.24, 2.45) is 5.41 Å². The first-order valence-corrected chi connectivity index (χ1v) is 6.43. The summed E-state index contributed by atoms with van der Waals surface area (Å²) in [5.41, 5.74) is 0.204. The second-order valence-electron chi connectivity index (χ2n) is 4.01. The van der Waals surface area contributed by atoms with E-state index in [0.29, 0.717) is 4.58 Å². The first-order chi connectivity index (χ1) is 5.02. The van der Waals surface area contributed by atoms with Crippen LogP contribution in [0.4, 0.5) is 0 Å². The summed E-state index contributed by atoms with van der Waals surface area (Å²) in [6.07, 6.45) is 1.13. The molecule has 0 saturated carbocycles. The average molecular weight is 192 g/mol. The van der Waals surface area contributed by atoms with Gasteiger partial charge in [-0.15, -0.1) is 11.8 Å². The van der Waals surface area contributed by atoms with Crippen molar-refractivity contribution in [1.82, 2.24) is 0 Å². The molecule has 0 aromatic rings. The van der Waals surface area contributed by atoms with Crippen LogP contribution in [-0.4, -0.2) is 20.3 Å². The highest BCUT2D eigenvalue weighted by Crippen LogP contribution is 2.36. The first-order valence-electron chi connectivity index (χ1n) is 4.00. The van der Waals surface area contributed by atoms with Gasteiger partial charge in [-0.1, -0.05) is 20.8 Å². The van der Waals surface area contributed by atoms with Crippen LogP contribution in [0.15, 0.2) is 0 Å². The molecule has 1 saturated heterocycles. The number of hydrogen-bond acceptors (Lipinski definition) is 2. The van der Waals surface area contributed by atoms with Gasteiger partial charge in [0.25, 0.3) is 0 Å². The molecule has 0 amide bonds. The van der Waals surface area contributed by atoms with E-state index in [4.69, 9.17) is 0 Å². The molecule has 1 heterocycles. The van der Waals surface area contributed by atoms with Gasteiger partial charge in [0, 0.05) is 16.6 Å². The van der Waals surface area contributed by atoms with E-state index in [2.05, 4.69) is 20.8 Å². The third-order valence-corrected chi connectivity index (χ3v) is 6.17. The molecular formula is C8H16OS2. The van der Waals surface area contributed by atoms with Crippen LogP contribution < -0.4 is 0 Å². The van der Waals surface area contributed by atoms with Gasteiger partial charge in [0.15, 0.2) is 0 Å². The molecule has 0 spiro atoms. The van der Waals surface area contributed by atoms with Gasteiger partial charge in [-0.2, -0.15) is 0 Å². The predicted molar refractivity (Wildman–Crippen MR) is 53.3 cm³/mol. The zero-order valence-electron chi connectivity index (χ0n) is 7.42. The zero-order chi connectivity index (χ0) is 8.48. The molecule has 0 radical (unpaired) electrons. The van der Waals surface area contributed by atoms with Gasteiger partial charge < -0.3 is 0 Å². The molecule has 66 valence electrons. The standard InChI is InChI=1S/C8H16OS2/c1-8(2,3)7-10-5-4-6-11(7)9/h7H,4-6H2,1-3H3/t7-,11-/m0/s1. The fraction of sp³-hybridized carbons (Fsp3) is 1.00. The maximum absolute atomic E-state index is 11.5. The molecule has 11 heavy (non-hydrogen) atoms. The lowest BCUT2D eigenvalue weighted by molar-refractivity contribution is 0.451. The first kappa shape index (κ1) is 9.59. The van der Waals surface area contributed by atoms with E-state index in [1.165, 1.54) is 5.75 Å². The lowest BCUT2D eigenvalue weighted by Gasteiger charge is -2.32. The molecule has 1 aliphatic heterocycles. The van der Waals surface area contributed by atoms with Crippen molar-refractivity contribution in [3.63, 3.8) is 0 Å². The van der Waals surface area contributed by atoms with E-state index in [1.807, 2.05) is 11.8 Å². The van der Waals surface area contributed by atoms with Crippen molar-refractivity contribution in [3.8, 4) is 0 Å². The molecule has 1 nitrogen and oxygen atoms in total. The van der Waals surface area contributed by atoms with E-state index in [1.54, 1.807) is 0 Å². The summed E-state index contributed by atoms with van der Waals surface area (Å²) in [5.74, 6) is 2.10. The van der Waals surface area contributed by atoms with E-state index in [0.717, 1.165) is 12.2 Å². The SMILES string of the molecule is CC(C)(C)[C@H]1SCCC[S@@]1=O. The second-order valence-corrected chi connectivity index (χ2v) is 7.16. The molecule has 0 unspecified atom stereocenters. The molecule has 0 aromatic carbocycles. The fourth-order valence-corrected chi connectivity index (χ4v) is 5.04. The predicted octanol–water partition coefficient (Wildman–Crippen LogP) is 2.24. The van der Waals surface area contributed by atoms with Gasteiger partial charge in [-0.05, 0) is 17.6 Å². The highest BCUT2D eigenvalue weighted by atomic mass is 32.2. The van der Waals surface area contributed by atoms with Crippen LogP contribution in [0.1, 0.15) is 27.2 Å². The van der Waals surface area contributed by atoms with Gasteiger partial charge in [0.2, 0.25) is 0 Å². The molecule has 0 N–H and O–H groups in total. The minimum Gasteiger partial charge on any atom is -0.258 e. The van der Waals surface area contributed by atoms with Crippen LogP contribution in [0.25, 0.3) is 0 Å². The molecule has 1 rings (SSSR count). The third-order valence-electron chi connectivity index (χ3n) is 1.70. The van der Waals surface area contributed by atoms with Crippen molar-refractivity contribution in [2.75, 3.05) is 11.5 Å². The normalized spacial score (nSPS) is 33.7. The van der Waals surface area contributed by atoms with Gasteiger partial charge in [0.05, 0.1) is 4.58 Å². The highest BCUT2D eigenvalue weighted by molar-refractivity contribution is 8.11. The maximum Gasteiger partial charge on any atom is 0.0849 e. The molecule has 0 aliphatic carbocycles. The lowest BCUT2D eigenvalue weighted by atomic mass is 10.0. The fourth-order valence-electron chi connectivity index (χ4n) is 1.22. The summed E-state index contributed by atoms with van der Waals surface area (Å²) in [4.78, 5) is 0. The highest BCUT2D eigenvalue weighted by Gasteiger charge is 2.32. The van der Waals surface area contributed by atoms with Crippen LogP contribution >= 0.6 is 11.8 Å². The van der Waals surface area contributed by atoms with E-state index < -0.39 is 10.8 Å². The Labute approximate surface area is 75.8 Å². The molecule has 0 bridgehead atoms. The lowest BCUT2D eigenvalue weighted by Crippen LogP contribution is -2.32. The minimum absolute atomic E-state index is 0.204. The van der Waals surface area contributed by atoms with Crippen molar-refractivity contribution in [3.05, 3.63) is 0 Å². The summed E-state index contributed by atoms with van der Waals surface area (Å²) in [5, 5.41) is 0. The number of hydrogen-bond donors (Lipinski definition) is 0. The largest absolute Gasteiger partial charge is 0.258 e. The van der Waals surface area contributed by atoms with Crippen LogP contribution in [0, 0.1) is 5.41 Å². The Morgan fingerprint density at radius 1 is 1.45 bits per heavy atom. The summed E-state index contributed by atoms with van der Waals surface area (Å²) in [6.45, 7) is 6.52. The Hall–Kier alpha value is 0.500. The Bertz CT molecular complexity index is 160. The van der Waals surface area contributed by atoms with Gasteiger partial charge in [0.1, 0.15) is 0 Å². The van der Waals surface area contributed by atoms with Crippen LogP contribution in [-0.2, 0) is 10.8 Å². The van der Waals surface area contributed by atoms with Gasteiger partial charge in [-0.25, -0.2) is 0 Å². The summed E-state index contributed by atoms with van der Waals surface area (Å²) in [7, 11) is -0.584. The molecule has 2 atom stereocenters. The Balaban J connectivity index is 2.62. The van der Waals surface area contributed by atoms with Crippen LogP contribution in [0.3, 0.4) is 0 Å².